The number of ether oxygens (including phenoxy) is 1. The minimum Gasteiger partial charge on any atom is -0.378 e. The standard InChI is InChI=1S/C12H21N3O/c1-8-11(7-16-2)15-12(14-8)9-3-5-10(13)6-4-9/h9-10H,3-7,13H2,1-2H3,(H,14,15). The molecule has 3 N–H and O–H groups in total. The lowest BCUT2D eigenvalue weighted by atomic mass is 9.86. The van der Waals surface area contributed by atoms with E-state index in [-0.39, 0.29) is 0 Å². The van der Waals surface area contributed by atoms with Gasteiger partial charge in [0.05, 0.1) is 12.3 Å². The van der Waals surface area contributed by atoms with Crippen LogP contribution in [0.1, 0.15) is 48.8 Å². The van der Waals surface area contributed by atoms with E-state index in [0.717, 1.165) is 42.9 Å². The molecular formula is C12H21N3O. The van der Waals surface area contributed by atoms with E-state index in [4.69, 9.17) is 10.5 Å². The number of imidazole rings is 1. The highest BCUT2D eigenvalue weighted by atomic mass is 16.5. The molecule has 0 aliphatic heterocycles. The van der Waals surface area contributed by atoms with E-state index in [2.05, 4.69) is 16.9 Å². The minimum atomic E-state index is 0.394. The van der Waals surface area contributed by atoms with Crippen LogP contribution in [0.25, 0.3) is 0 Å². The summed E-state index contributed by atoms with van der Waals surface area (Å²) in [7, 11) is 1.70. The van der Waals surface area contributed by atoms with E-state index in [1.807, 2.05) is 0 Å². The largest absolute Gasteiger partial charge is 0.378 e. The average Bonchev–Trinajstić information content (AvgIpc) is 2.62. The lowest BCUT2D eigenvalue weighted by molar-refractivity contribution is 0.181. The Morgan fingerprint density at radius 3 is 2.69 bits per heavy atom. The minimum absolute atomic E-state index is 0.394. The molecule has 1 heterocycles. The maximum atomic E-state index is 5.91. The fourth-order valence-corrected chi connectivity index (χ4v) is 2.38. The summed E-state index contributed by atoms with van der Waals surface area (Å²) in [6.07, 6.45) is 4.54. The summed E-state index contributed by atoms with van der Waals surface area (Å²) in [6, 6.07) is 0.394. The smallest absolute Gasteiger partial charge is 0.109 e. The molecule has 2 rings (SSSR count). The number of nitrogens with two attached hydrogens (primary N) is 1. The third-order valence-electron chi connectivity index (χ3n) is 3.44. The summed E-state index contributed by atoms with van der Waals surface area (Å²) in [5, 5.41) is 0. The van der Waals surface area contributed by atoms with Gasteiger partial charge < -0.3 is 15.5 Å². The van der Waals surface area contributed by atoms with Crippen LogP contribution in [-0.4, -0.2) is 23.1 Å². The van der Waals surface area contributed by atoms with Gasteiger partial charge in [-0.05, 0) is 32.6 Å². The second-order valence-corrected chi connectivity index (χ2v) is 4.74. The lowest BCUT2D eigenvalue weighted by Gasteiger charge is -2.24. The van der Waals surface area contributed by atoms with Crippen LogP contribution in [0, 0.1) is 6.92 Å². The fraction of sp³-hybridized carbons (Fsp3) is 0.750. The Balaban J connectivity index is 2.06. The number of hydrogen-bond donors (Lipinski definition) is 2. The van der Waals surface area contributed by atoms with Gasteiger partial charge in [-0.25, -0.2) is 4.98 Å². The molecule has 0 unspecified atom stereocenters. The summed E-state index contributed by atoms with van der Waals surface area (Å²) in [5.74, 6) is 1.68. The number of methoxy groups -OCH3 is 1. The number of H-pyrrole nitrogens is 1. The molecule has 4 nitrogen and oxygen atoms in total. The highest BCUT2D eigenvalue weighted by Crippen LogP contribution is 2.31. The first-order valence-electron chi connectivity index (χ1n) is 6.00. The van der Waals surface area contributed by atoms with E-state index in [9.17, 15) is 0 Å². The van der Waals surface area contributed by atoms with E-state index >= 15 is 0 Å². The van der Waals surface area contributed by atoms with Gasteiger partial charge in [0.1, 0.15) is 5.82 Å². The number of aromatic nitrogens is 2. The topological polar surface area (TPSA) is 63.9 Å². The van der Waals surface area contributed by atoms with Crippen molar-refractivity contribution < 1.29 is 4.74 Å². The summed E-state index contributed by atoms with van der Waals surface area (Å²) in [6.45, 7) is 2.65. The molecule has 1 aromatic heterocycles. The normalized spacial score (nSPS) is 25.9. The quantitative estimate of drug-likeness (QED) is 0.822. The first-order chi connectivity index (χ1) is 7.70. The zero-order valence-corrected chi connectivity index (χ0v) is 10.1. The molecule has 1 aliphatic rings. The Morgan fingerprint density at radius 2 is 2.06 bits per heavy atom. The van der Waals surface area contributed by atoms with Crippen molar-refractivity contribution in [2.45, 2.75) is 51.2 Å². The summed E-state index contributed by atoms with van der Waals surface area (Å²) in [4.78, 5) is 8.01. The molecule has 4 heteroatoms. The van der Waals surface area contributed by atoms with E-state index in [1.54, 1.807) is 7.11 Å². The summed E-state index contributed by atoms with van der Waals surface area (Å²) in [5.41, 5.74) is 8.07. The molecule has 1 aliphatic carbocycles. The van der Waals surface area contributed by atoms with Gasteiger partial charge in [-0.3, -0.25) is 0 Å². The number of nitrogens with one attached hydrogen (secondary N) is 1. The second kappa shape index (κ2) is 4.97. The monoisotopic (exact) mass is 223 g/mol. The molecule has 1 saturated carbocycles. The predicted molar refractivity (Wildman–Crippen MR) is 63.2 cm³/mol. The first kappa shape index (κ1) is 11.6. The summed E-state index contributed by atoms with van der Waals surface area (Å²) >= 11 is 0. The second-order valence-electron chi connectivity index (χ2n) is 4.74. The van der Waals surface area contributed by atoms with Crippen LogP contribution in [0.2, 0.25) is 0 Å². The number of nitrogens with zero attached hydrogens (tertiary/aromatic N) is 1. The molecule has 0 radical (unpaired) electrons. The molecule has 1 fully saturated rings. The molecule has 16 heavy (non-hydrogen) atoms. The van der Waals surface area contributed by atoms with Gasteiger partial charge in [-0.2, -0.15) is 0 Å². The zero-order chi connectivity index (χ0) is 11.5. The Morgan fingerprint density at radius 1 is 1.38 bits per heavy atom. The number of rotatable bonds is 3. The van der Waals surface area contributed by atoms with E-state index < -0.39 is 0 Å². The van der Waals surface area contributed by atoms with Crippen molar-refractivity contribution in [3.8, 4) is 0 Å². The molecule has 0 atom stereocenters. The fourth-order valence-electron chi connectivity index (χ4n) is 2.38. The van der Waals surface area contributed by atoms with Crippen molar-refractivity contribution in [1.29, 1.82) is 0 Å². The first-order valence-corrected chi connectivity index (χ1v) is 6.00. The van der Waals surface area contributed by atoms with Crippen molar-refractivity contribution in [3.63, 3.8) is 0 Å². The van der Waals surface area contributed by atoms with Crippen LogP contribution in [0.15, 0.2) is 0 Å². The van der Waals surface area contributed by atoms with E-state index in [1.165, 1.54) is 0 Å². The SMILES string of the molecule is COCc1nc(C2CCC(N)CC2)[nH]c1C. The highest BCUT2D eigenvalue weighted by molar-refractivity contribution is 5.15. The highest BCUT2D eigenvalue weighted by Gasteiger charge is 2.23. The van der Waals surface area contributed by atoms with Gasteiger partial charge in [-0.1, -0.05) is 0 Å². The predicted octanol–water partition coefficient (Wildman–Crippen LogP) is 1.85. The van der Waals surface area contributed by atoms with Gasteiger partial charge in [0.25, 0.3) is 0 Å². The molecule has 0 spiro atoms. The van der Waals surface area contributed by atoms with Crippen molar-refractivity contribution in [1.82, 2.24) is 9.97 Å². The third kappa shape index (κ3) is 2.44. The molecule has 0 aromatic carbocycles. The van der Waals surface area contributed by atoms with Crippen molar-refractivity contribution in [3.05, 3.63) is 17.2 Å². The van der Waals surface area contributed by atoms with Gasteiger partial charge in [0.15, 0.2) is 0 Å². The Hall–Kier alpha value is -0.870. The van der Waals surface area contributed by atoms with Crippen molar-refractivity contribution in [2.24, 2.45) is 5.73 Å². The van der Waals surface area contributed by atoms with Crippen LogP contribution >= 0.6 is 0 Å². The molecule has 0 saturated heterocycles. The number of aryl methyl sites for hydroxylation is 1. The maximum Gasteiger partial charge on any atom is 0.109 e. The molecule has 90 valence electrons. The third-order valence-corrected chi connectivity index (χ3v) is 3.44. The van der Waals surface area contributed by atoms with E-state index in [0.29, 0.717) is 18.6 Å². The van der Waals surface area contributed by atoms with Crippen molar-refractivity contribution in [2.75, 3.05) is 7.11 Å². The Labute approximate surface area is 96.6 Å². The Bertz CT molecular complexity index is 340. The van der Waals surface area contributed by atoms with Crippen LogP contribution in [0.5, 0.6) is 0 Å². The van der Waals surface area contributed by atoms with Crippen LogP contribution in [0.3, 0.4) is 0 Å². The number of aromatic amines is 1. The van der Waals surface area contributed by atoms with Crippen molar-refractivity contribution >= 4 is 0 Å². The van der Waals surface area contributed by atoms with Gasteiger partial charge in [-0.15, -0.1) is 0 Å². The average molecular weight is 223 g/mol. The molecule has 0 amide bonds. The van der Waals surface area contributed by atoms with Gasteiger partial charge in [0, 0.05) is 24.8 Å². The zero-order valence-electron chi connectivity index (χ0n) is 10.1. The van der Waals surface area contributed by atoms with Gasteiger partial charge >= 0.3 is 0 Å². The molecule has 0 bridgehead atoms. The van der Waals surface area contributed by atoms with Crippen LogP contribution < -0.4 is 5.73 Å². The Kier molecular flexibility index (Phi) is 3.61. The maximum absolute atomic E-state index is 5.91. The summed E-state index contributed by atoms with van der Waals surface area (Å²) < 4.78 is 5.12. The molecule has 1 aromatic rings. The van der Waals surface area contributed by atoms with Crippen LogP contribution in [-0.2, 0) is 11.3 Å². The van der Waals surface area contributed by atoms with Gasteiger partial charge in [0.2, 0.25) is 0 Å². The van der Waals surface area contributed by atoms with Crippen LogP contribution in [0.4, 0.5) is 0 Å². The number of hydrogen-bond acceptors (Lipinski definition) is 3. The molecular weight excluding hydrogens is 202 g/mol. The lowest BCUT2D eigenvalue weighted by Crippen LogP contribution is -2.26.